The van der Waals surface area contributed by atoms with Gasteiger partial charge in [0.05, 0.1) is 13.0 Å². The molecule has 1 rings (SSSR count). The lowest BCUT2D eigenvalue weighted by atomic mass is 9.74. The van der Waals surface area contributed by atoms with Crippen molar-refractivity contribution in [1.29, 1.82) is 0 Å². The molecule has 1 aliphatic carbocycles. The lowest BCUT2D eigenvalue weighted by Gasteiger charge is -2.28. The minimum Gasteiger partial charge on any atom is -0.466 e. The molecular formula is C16H26O4. The van der Waals surface area contributed by atoms with Crippen molar-refractivity contribution >= 4 is 17.5 Å². The quantitative estimate of drug-likeness (QED) is 0.727. The van der Waals surface area contributed by atoms with Crippen LogP contribution in [0.2, 0.25) is 0 Å². The molecule has 4 nitrogen and oxygen atoms in total. The van der Waals surface area contributed by atoms with Crippen molar-refractivity contribution in [3.8, 4) is 0 Å². The molecule has 4 heteroatoms. The van der Waals surface area contributed by atoms with Gasteiger partial charge in [-0.3, -0.25) is 14.4 Å². The van der Waals surface area contributed by atoms with Gasteiger partial charge in [-0.1, -0.05) is 27.2 Å². The van der Waals surface area contributed by atoms with Crippen molar-refractivity contribution in [2.24, 2.45) is 17.3 Å². The minimum absolute atomic E-state index is 0.0712. The molecule has 0 spiro atoms. The summed E-state index contributed by atoms with van der Waals surface area (Å²) >= 11 is 0. The van der Waals surface area contributed by atoms with Gasteiger partial charge in [0.1, 0.15) is 11.6 Å². The van der Waals surface area contributed by atoms with E-state index in [0.717, 1.165) is 19.3 Å². The van der Waals surface area contributed by atoms with E-state index in [4.69, 9.17) is 4.74 Å². The monoisotopic (exact) mass is 282 g/mol. The number of ether oxygens (including phenoxy) is 1. The van der Waals surface area contributed by atoms with Crippen LogP contribution in [-0.2, 0) is 19.1 Å². The number of ketones is 2. The number of hydrogen-bond donors (Lipinski definition) is 0. The van der Waals surface area contributed by atoms with Crippen molar-refractivity contribution < 1.29 is 19.1 Å². The molecule has 0 amide bonds. The van der Waals surface area contributed by atoms with Crippen molar-refractivity contribution in [1.82, 2.24) is 0 Å². The van der Waals surface area contributed by atoms with Gasteiger partial charge < -0.3 is 4.74 Å². The van der Waals surface area contributed by atoms with E-state index in [-0.39, 0.29) is 35.8 Å². The lowest BCUT2D eigenvalue weighted by Crippen LogP contribution is -2.34. The fourth-order valence-electron chi connectivity index (χ4n) is 2.58. The Hall–Kier alpha value is -1.19. The average molecular weight is 282 g/mol. The molecule has 0 radical (unpaired) electrons. The summed E-state index contributed by atoms with van der Waals surface area (Å²) < 4.78 is 4.91. The van der Waals surface area contributed by atoms with Gasteiger partial charge in [-0.15, -0.1) is 0 Å². The van der Waals surface area contributed by atoms with Crippen LogP contribution >= 0.6 is 0 Å². The Kier molecular flexibility index (Phi) is 5.90. The number of hydrogen-bond acceptors (Lipinski definition) is 4. The maximum atomic E-state index is 12.4. The molecule has 1 aliphatic rings. The van der Waals surface area contributed by atoms with E-state index in [9.17, 15) is 14.4 Å². The maximum Gasteiger partial charge on any atom is 0.306 e. The number of carbonyl (C=O) groups excluding carboxylic acids is 3. The highest BCUT2D eigenvalue weighted by atomic mass is 16.5. The van der Waals surface area contributed by atoms with Gasteiger partial charge in [-0.2, -0.15) is 0 Å². The van der Waals surface area contributed by atoms with Crippen LogP contribution in [0, 0.1) is 17.3 Å². The molecule has 20 heavy (non-hydrogen) atoms. The molecule has 0 N–H and O–H groups in total. The molecule has 0 aromatic heterocycles. The average Bonchev–Trinajstić information content (AvgIpc) is 2.33. The molecule has 0 heterocycles. The van der Waals surface area contributed by atoms with E-state index in [0.29, 0.717) is 13.0 Å². The summed E-state index contributed by atoms with van der Waals surface area (Å²) in [5.41, 5.74) is -0.408. The van der Waals surface area contributed by atoms with Crippen molar-refractivity contribution in [3.05, 3.63) is 0 Å². The summed E-state index contributed by atoms with van der Waals surface area (Å²) in [5, 5.41) is 0. The predicted octanol–water partition coefficient (Wildman–Crippen LogP) is 2.93. The summed E-state index contributed by atoms with van der Waals surface area (Å²) in [6.07, 6.45) is 2.87. The SMILES string of the molecule is CCOC(=O)CC1CCCC(CC(=O)C(C)(C)C)C1=O. The number of Topliss-reactive ketones (excluding diaryl/α,β-unsaturated/α-hetero) is 2. The lowest BCUT2D eigenvalue weighted by molar-refractivity contribution is -0.147. The fraction of sp³-hybridized carbons (Fsp3) is 0.812. The van der Waals surface area contributed by atoms with E-state index >= 15 is 0 Å². The van der Waals surface area contributed by atoms with E-state index in [1.54, 1.807) is 6.92 Å². The zero-order valence-electron chi connectivity index (χ0n) is 13.0. The standard InChI is InChI=1S/C16H26O4/c1-5-20-14(18)10-12-8-6-7-11(15(12)19)9-13(17)16(2,3)4/h11-12H,5-10H2,1-4H3. The molecule has 0 aromatic carbocycles. The van der Waals surface area contributed by atoms with Crippen LogP contribution in [0.15, 0.2) is 0 Å². The third-order valence-electron chi connectivity index (χ3n) is 3.90. The second-order valence-electron chi connectivity index (χ2n) is 6.61. The molecule has 0 bridgehead atoms. The highest BCUT2D eigenvalue weighted by Crippen LogP contribution is 2.32. The first kappa shape index (κ1) is 16.9. The first-order valence-corrected chi connectivity index (χ1v) is 7.48. The molecule has 2 atom stereocenters. The van der Waals surface area contributed by atoms with Crippen LogP contribution in [0.25, 0.3) is 0 Å². The van der Waals surface area contributed by atoms with E-state index in [1.165, 1.54) is 0 Å². The van der Waals surface area contributed by atoms with E-state index in [2.05, 4.69) is 0 Å². The van der Waals surface area contributed by atoms with E-state index in [1.807, 2.05) is 20.8 Å². The Morgan fingerprint density at radius 1 is 1.15 bits per heavy atom. The largest absolute Gasteiger partial charge is 0.466 e. The van der Waals surface area contributed by atoms with Crippen molar-refractivity contribution in [2.75, 3.05) is 6.61 Å². The van der Waals surface area contributed by atoms with Gasteiger partial charge >= 0.3 is 5.97 Å². The van der Waals surface area contributed by atoms with E-state index < -0.39 is 5.41 Å². The zero-order valence-corrected chi connectivity index (χ0v) is 13.0. The smallest absolute Gasteiger partial charge is 0.306 e. The van der Waals surface area contributed by atoms with Crippen LogP contribution in [0.5, 0.6) is 0 Å². The Morgan fingerprint density at radius 3 is 2.20 bits per heavy atom. The molecule has 0 aliphatic heterocycles. The third kappa shape index (κ3) is 4.73. The van der Waals surface area contributed by atoms with Gasteiger partial charge in [-0.25, -0.2) is 0 Å². The summed E-state index contributed by atoms with van der Waals surface area (Å²) in [5.74, 6) is -0.598. The number of carbonyl (C=O) groups is 3. The molecule has 0 aromatic rings. The van der Waals surface area contributed by atoms with Gasteiger partial charge in [-0.05, 0) is 19.8 Å². The summed E-state index contributed by atoms with van der Waals surface area (Å²) in [4.78, 5) is 35.9. The zero-order chi connectivity index (χ0) is 15.3. The Morgan fingerprint density at radius 2 is 1.70 bits per heavy atom. The predicted molar refractivity (Wildman–Crippen MR) is 76.2 cm³/mol. The molecule has 1 fully saturated rings. The second kappa shape index (κ2) is 7.00. The van der Waals surface area contributed by atoms with Crippen LogP contribution in [0.3, 0.4) is 0 Å². The molecule has 2 unspecified atom stereocenters. The Balaban J connectivity index is 2.60. The van der Waals surface area contributed by atoms with Crippen molar-refractivity contribution in [2.45, 2.75) is 59.8 Å². The third-order valence-corrected chi connectivity index (χ3v) is 3.90. The van der Waals surface area contributed by atoms with Crippen LogP contribution in [0.4, 0.5) is 0 Å². The highest BCUT2D eigenvalue weighted by molar-refractivity contribution is 5.93. The second-order valence-corrected chi connectivity index (χ2v) is 6.61. The Bertz CT molecular complexity index is 378. The fourth-order valence-corrected chi connectivity index (χ4v) is 2.58. The molecular weight excluding hydrogens is 256 g/mol. The summed E-state index contributed by atoms with van der Waals surface area (Å²) in [7, 11) is 0. The van der Waals surface area contributed by atoms with Gasteiger partial charge in [0.2, 0.25) is 0 Å². The van der Waals surface area contributed by atoms with Crippen LogP contribution < -0.4 is 0 Å². The molecule has 114 valence electrons. The molecule has 0 saturated heterocycles. The number of esters is 1. The van der Waals surface area contributed by atoms with Crippen molar-refractivity contribution in [3.63, 3.8) is 0 Å². The maximum absolute atomic E-state index is 12.4. The number of rotatable bonds is 5. The van der Waals surface area contributed by atoms with Gasteiger partial charge in [0.15, 0.2) is 0 Å². The first-order valence-electron chi connectivity index (χ1n) is 7.48. The topological polar surface area (TPSA) is 60.4 Å². The minimum atomic E-state index is -0.408. The van der Waals surface area contributed by atoms with Crippen LogP contribution in [0.1, 0.15) is 59.8 Å². The summed E-state index contributed by atoms with van der Waals surface area (Å²) in [6, 6.07) is 0. The molecule has 1 saturated carbocycles. The first-order chi connectivity index (χ1) is 9.25. The normalized spacial score (nSPS) is 23.5. The van der Waals surface area contributed by atoms with Gasteiger partial charge in [0.25, 0.3) is 0 Å². The highest BCUT2D eigenvalue weighted by Gasteiger charge is 2.35. The Labute approximate surface area is 121 Å². The summed E-state index contributed by atoms with van der Waals surface area (Å²) in [6.45, 7) is 7.72. The van der Waals surface area contributed by atoms with Crippen LogP contribution in [-0.4, -0.2) is 24.1 Å². The van der Waals surface area contributed by atoms with Gasteiger partial charge in [0, 0.05) is 23.7 Å².